The second-order valence-corrected chi connectivity index (χ2v) is 6.17. The van der Waals surface area contributed by atoms with Crippen LogP contribution in [-0.4, -0.2) is 37.0 Å². The summed E-state index contributed by atoms with van der Waals surface area (Å²) in [6.45, 7) is 0. The monoisotopic (exact) mass is 255 g/mol. The van der Waals surface area contributed by atoms with Gasteiger partial charge in [0, 0.05) is 12.2 Å². The molecule has 1 aliphatic rings. The molecule has 6 nitrogen and oxygen atoms in total. The summed E-state index contributed by atoms with van der Waals surface area (Å²) in [7, 11) is -2.97. The van der Waals surface area contributed by atoms with E-state index < -0.39 is 15.9 Å². The van der Waals surface area contributed by atoms with Crippen LogP contribution in [0.15, 0.2) is 24.5 Å². The van der Waals surface area contributed by atoms with Gasteiger partial charge >= 0.3 is 6.03 Å². The Balaban J connectivity index is 1.87. The van der Waals surface area contributed by atoms with Crippen LogP contribution in [0.2, 0.25) is 0 Å². The molecule has 1 aromatic heterocycles. The van der Waals surface area contributed by atoms with Gasteiger partial charge in [-0.3, -0.25) is 4.98 Å². The fourth-order valence-electron chi connectivity index (χ4n) is 1.70. The average Bonchev–Trinajstić information content (AvgIpc) is 2.59. The first-order valence-electron chi connectivity index (χ1n) is 5.23. The van der Waals surface area contributed by atoms with E-state index in [4.69, 9.17) is 0 Å². The Morgan fingerprint density at radius 1 is 1.47 bits per heavy atom. The standard InChI is InChI=1S/C10H13N3O3S/c14-10(12-8-2-1-4-11-6-8)13-9-3-5-17(15,16)7-9/h1-2,4,6,9H,3,5,7H2,(H2,12,13,14)/t9-/m0/s1. The minimum atomic E-state index is -2.97. The number of hydrogen-bond donors (Lipinski definition) is 2. The molecular weight excluding hydrogens is 242 g/mol. The number of carbonyl (C=O) groups excluding carboxylic acids is 1. The molecule has 2 rings (SSSR count). The molecule has 2 amide bonds. The zero-order valence-electron chi connectivity index (χ0n) is 9.09. The van der Waals surface area contributed by atoms with Crippen molar-refractivity contribution >= 4 is 21.6 Å². The normalized spacial score (nSPS) is 22.0. The number of sulfone groups is 1. The third kappa shape index (κ3) is 3.42. The highest BCUT2D eigenvalue weighted by molar-refractivity contribution is 7.91. The van der Waals surface area contributed by atoms with Crippen LogP contribution in [-0.2, 0) is 9.84 Å². The van der Waals surface area contributed by atoms with Crippen molar-refractivity contribution in [3.63, 3.8) is 0 Å². The number of rotatable bonds is 2. The van der Waals surface area contributed by atoms with Crippen molar-refractivity contribution in [3.8, 4) is 0 Å². The van der Waals surface area contributed by atoms with Crippen LogP contribution < -0.4 is 10.6 Å². The summed E-state index contributed by atoms with van der Waals surface area (Å²) in [5.74, 6) is 0.165. The third-order valence-corrected chi connectivity index (χ3v) is 4.26. The molecule has 1 aromatic rings. The number of carbonyl (C=O) groups is 1. The molecule has 0 radical (unpaired) electrons. The lowest BCUT2D eigenvalue weighted by molar-refractivity contribution is 0.249. The van der Waals surface area contributed by atoms with Crippen molar-refractivity contribution < 1.29 is 13.2 Å². The van der Waals surface area contributed by atoms with Gasteiger partial charge in [0.25, 0.3) is 0 Å². The molecule has 0 saturated carbocycles. The highest BCUT2D eigenvalue weighted by atomic mass is 32.2. The number of urea groups is 1. The Morgan fingerprint density at radius 2 is 2.29 bits per heavy atom. The number of pyridine rings is 1. The molecule has 1 aliphatic heterocycles. The molecule has 2 heterocycles. The van der Waals surface area contributed by atoms with Gasteiger partial charge in [-0.2, -0.15) is 0 Å². The minimum absolute atomic E-state index is 0.0213. The molecule has 2 N–H and O–H groups in total. The predicted molar refractivity (Wildman–Crippen MR) is 63.5 cm³/mol. The topological polar surface area (TPSA) is 88.2 Å². The highest BCUT2D eigenvalue weighted by Gasteiger charge is 2.28. The van der Waals surface area contributed by atoms with Crippen LogP contribution in [0.3, 0.4) is 0 Å². The summed E-state index contributed by atoms with van der Waals surface area (Å²) >= 11 is 0. The molecule has 1 fully saturated rings. The fourth-order valence-corrected chi connectivity index (χ4v) is 3.37. The minimum Gasteiger partial charge on any atom is -0.334 e. The van der Waals surface area contributed by atoms with Gasteiger partial charge in [0.15, 0.2) is 9.84 Å². The largest absolute Gasteiger partial charge is 0.334 e. The van der Waals surface area contributed by atoms with Gasteiger partial charge in [-0.05, 0) is 18.6 Å². The lowest BCUT2D eigenvalue weighted by Crippen LogP contribution is -2.38. The number of nitrogens with one attached hydrogen (secondary N) is 2. The van der Waals surface area contributed by atoms with Crippen LogP contribution in [0.25, 0.3) is 0 Å². The molecule has 1 saturated heterocycles. The molecule has 17 heavy (non-hydrogen) atoms. The highest BCUT2D eigenvalue weighted by Crippen LogP contribution is 2.11. The number of anilines is 1. The summed E-state index contributed by atoms with van der Waals surface area (Å²) in [6.07, 6.45) is 3.60. The molecule has 1 atom stereocenters. The van der Waals surface area contributed by atoms with Crippen molar-refractivity contribution in [1.29, 1.82) is 0 Å². The Kier molecular flexibility index (Phi) is 3.28. The number of nitrogens with zero attached hydrogens (tertiary/aromatic N) is 1. The second-order valence-electron chi connectivity index (χ2n) is 3.94. The number of amides is 2. The SMILES string of the molecule is O=C(Nc1cccnc1)N[C@H]1CCS(=O)(=O)C1. The van der Waals surface area contributed by atoms with Crippen molar-refractivity contribution in [3.05, 3.63) is 24.5 Å². The first-order valence-corrected chi connectivity index (χ1v) is 7.05. The maximum atomic E-state index is 11.5. The molecule has 0 spiro atoms. The van der Waals surface area contributed by atoms with Crippen molar-refractivity contribution in [2.45, 2.75) is 12.5 Å². The van der Waals surface area contributed by atoms with E-state index in [2.05, 4.69) is 15.6 Å². The molecule has 92 valence electrons. The van der Waals surface area contributed by atoms with Gasteiger partial charge in [-0.25, -0.2) is 13.2 Å². The quantitative estimate of drug-likeness (QED) is 0.800. The molecular formula is C10H13N3O3S. The lowest BCUT2D eigenvalue weighted by Gasteiger charge is -2.11. The van der Waals surface area contributed by atoms with Gasteiger partial charge in [-0.1, -0.05) is 0 Å². The summed E-state index contributed by atoms with van der Waals surface area (Å²) in [6, 6.07) is 2.71. The molecule has 7 heteroatoms. The first kappa shape index (κ1) is 11.8. The summed E-state index contributed by atoms with van der Waals surface area (Å²) in [5, 5.41) is 5.21. The molecule has 0 bridgehead atoms. The van der Waals surface area contributed by atoms with Crippen molar-refractivity contribution in [2.75, 3.05) is 16.8 Å². The van der Waals surface area contributed by atoms with Crippen LogP contribution in [0.5, 0.6) is 0 Å². The first-order chi connectivity index (χ1) is 8.05. The third-order valence-electron chi connectivity index (χ3n) is 2.49. The molecule has 0 aliphatic carbocycles. The Hall–Kier alpha value is -1.63. The predicted octanol–water partition coefficient (Wildman–Crippen LogP) is 0.390. The maximum absolute atomic E-state index is 11.5. The number of hydrogen-bond acceptors (Lipinski definition) is 4. The van der Waals surface area contributed by atoms with Crippen LogP contribution in [0.1, 0.15) is 6.42 Å². The Labute approximate surface area is 99.4 Å². The average molecular weight is 255 g/mol. The Bertz CT molecular complexity index is 501. The van der Waals surface area contributed by atoms with Gasteiger partial charge in [0.05, 0.1) is 23.4 Å². The van der Waals surface area contributed by atoms with E-state index in [-0.39, 0.29) is 17.5 Å². The summed E-state index contributed by atoms with van der Waals surface area (Å²) in [4.78, 5) is 15.4. The van der Waals surface area contributed by atoms with Gasteiger partial charge in [-0.15, -0.1) is 0 Å². The van der Waals surface area contributed by atoms with Crippen LogP contribution in [0.4, 0.5) is 10.5 Å². The van der Waals surface area contributed by atoms with E-state index in [0.717, 1.165) is 0 Å². The maximum Gasteiger partial charge on any atom is 0.319 e. The van der Waals surface area contributed by atoms with Crippen molar-refractivity contribution in [1.82, 2.24) is 10.3 Å². The summed E-state index contributed by atoms with van der Waals surface area (Å²) < 4.78 is 22.4. The van der Waals surface area contributed by atoms with Gasteiger partial charge in [0.1, 0.15) is 0 Å². The lowest BCUT2D eigenvalue weighted by atomic mass is 10.3. The smallest absolute Gasteiger partial charge is 0.319 e. The Morgan fingerprint density at radius 3 is 2.88 bits per heavy atom. The van der Waals surface area contributed by atoms with E-state index in [1.165, 1.54) is 6.20 Å². The van der Waals surface area contributed by atoms with Gasteiger partial charge < -0.3 is 10.6 Å². The van der Waals surface area contributed by atoms with Gasteiger partial charge in [0.2, 0.25) is 0 Å². The summed E-state index contributed by atoms with van der Waals surface area (Å²) in [5.41, 5.74) is 0.575. The molecule has 0 unspecified atom stereocenters. The zero-order chi connectivity index (χ0) is 12.3. The second kappa shape index (κ2) is 4.70. The zero-order valence-corrected chi connectivity index (χ0v) is 9.90. The van der Waals surface area contributed by atoms with E-state index in [1.54, 1.807) is 18.3 Å². The molecule has 0 aromatic carbocycles. The van der Waals surface area contributed by atoms with Crippen LogP contribution in [0, 0.1) is 0 Å². The van der Waals surface area contributed by atoms with Crippen LogP contribution >= 0.6 is 0 Å². The fraction of sp³-hybridized carbons (Fsp3) is 0.400. The van der Waals surface area contributed by atoms with E-state index in [9.17, 15) is 13.2 Å². The number of aromatic nitrogens is 1. The van der Waals surface area contributed by atoms with Crippen molar-refractivity contribution in [2.24, 2.45) is 0 Å². The van der Waals surface area contributed by atoms with E-state index in [0.29, 0.717) is 12.1 Å². The van der Waals surface area contributed by atoms with E-state index in [1.807, 2.05) is 0 Å². The van der Waals surface area contributed by atoms with E-state index >= 15 is 0 Å².